The van der Waals surface area contributed by atoms with E-state index in [0.717, 1.165) is 48.9 Å². The van der Waals surface area contributed by atoms with Gasteiger partial charge in [0.1, 0.15) is 17.9 Å². The second-order valence-electron chi connectivity index (χ2n) is 16.0. The number of hydrogen-bond donors (Lipinski definition) is 4. The molecule has 0 aromatic heterocycles. The Bertz CT molecular complexity index is 1360. The van der Waals surface area contributed by atoms with E-state index in [-0.39, 0.29) is 23.7 Å². The topological polar surface area (TPSA) is 142 Å². The van der Waals surface area contributed by atoms with E-state index in [1.165, 1.54) is 74.8 Å². The monoisotopic (exact) mass is 673 g/mol. The maximum absolute atomic E-state index is 12.9. The highest BCUT2D eigenvalue weighted by molar-refractivity contribution is 7.46. The van der Waals surface area contributed by atoms with Crippen molar-refractivity contribution in [2.45, 2.75) is 124 Å². The molecule has 0 aliphatic heterocycles. The van der Waals surface area contributed by atoms with Crippen LogP contribution in [0.15, 0.2) is 35.9 Å². The molecule has 1 aromatic rings. The molecule has 0 heterocycles. The molecule has 0 bridgehead atoms. The molecular formula is C37H56NO8P. The van der Waals surface area contributed by atoms with Gasteiger partial charge in [-0.2, -0.15) is 0 Å². The molecule has 0 saturated heterocycles. The van der Waals surface area contributed by atoms with Crippen LogP contribution in [-0.2, 0) is 20.5 Å². The largest absolute Gasteiger partial charge is 0.524 e. The van der Waals surface area contributed by atoms with Crippen LogP contribution in [0, 0.1) is 46.3 Å². The van der Waals surface area contributed by atoms with Gasteiger partial charge in [0.2, 0.25) is 0 Å². The molecule has 47 heavy (non-hydrogen) atoms. The molecule has 9 nitrogen and oxygen atoms in total. The first kappa shape index (κ1) is 35.9. The Hall–Kier alpha value is -2.35. The van der Waals surface area contributed by atoms with E-state index in [0.29, 0.717) is 23.3 Å². The predicted molar refractivity (Wildman–Crippen MR) is 181 cm³/mol. The predicted octanol–water partition coefficient (Wildman–Crippen LogP) is 8.29. The first-order chi connectivity index (χ1) is 22.1. The van der Waals surface area contributed by atoms with Crippen molar-refractivity contribution >= 4 is 19.9 Å². The van der Waals surface area contributed by atoms with Crippen LogP contribution in [0.5, 0.6) is 5.75 Å². The molecule has 1 aromatic carbocycles. The van der Waals surface area contributed by atoms with E-state index in [1.54, 1.807) is 0 Å². The van der Waals surface area contributed by atoms with Crippen LogP contribution >= 0.6 is 7.82 Å². The Morgan fingerprint density at radius 2 is 1.72 bits per heavy atom. The molecule has 1 amide bonds. The molecule has 0 spiro atoms. The van der Waals surface area contributed by atoms with Crippen molar-refractivity contribution in [2.75, 3.05) is 0 Å². The summed E-state index contributed by atoms with van der Waals surface area (Å²) in [5.74, 6) is 3.35. The summed E-state index contributed by atoms with van der Waals surface area (Å²) < 4.78 is 21.4. The van der Waals surface area contributed by atoms with Crippen LogP contribution in [0.2, 0.25) is 0 Å². The highest BCUT2D eigenvalue weighted by Gasteiger charge is 2.59. The molecule has 1 unspecified atom stereocenters. The Morgan fingerprint density at radius 3 is 2.38 bits per heavy atom. The third kappa shape index (κ3) is 8.11. The van der Waals surface area contributed by atoms with Crippen LogP contribution < -0.4 is 9.84 Å². The average Bonchev–Trinajstić information content (AvgIpc) is 3.34. The van der Waals surface area contributed by atoms with Crippen molar-refractivity contribution in [3.63, 3.8) is 0 Å². The number of rotatable bonds is 12. The fourth-order valence-electron chi connectivity index (χ4n) is 10.3. The summed E-state index contributed by atoms with van der Waals surface area (Å²) in [6, 6.07) is 4.49. The van der Waals surface area contributed by atoms with Gasteiger partial charge in [0.15, 0.2) is 0 Å². The summed E-state index contributed by atoms with van der Waals surface area (Å²) in [6.45, 7) is 12.3. The number of ether oxygens (including phenoxy) is 1. The number of alkyl carbamates (subject to hydrolysis) is 1. The lowest BCUT2D eigenvalue weighted by atomic mass is 9.47. The standard InChI is InChI=1S/C37H56NO8P/c1-23(2)7-6-8-24(3)30-15-16-31-29-14-11-26-22-28(17-19-36(26,4)32(29)18-20-37(30,31)5)45-35(41)38-33(34(39)40)21-25-9-12-27(13-10-25)46-47(42,43)44/h9-13,23-24,28-33H,6-8,14-22H2,1-5H3,(H,38,41)(H,39,40)(H2,42,43,44)/t24-,28+,29+,30-,31+,32+,33?,36+,37-/m1/s1. The minimum absolute atomic E-state index is 0.0186. The zero-order chi connectivity index (χ0) is 34.1. The highest BCUT2D eigenvalue weighted by atomic mass is 31.2. The second-order valence-corrected chi connectivity index (χ2v) is 17.2. The number of carbonyl (C=O) groups is 2. The lowest BCUT2D eigenvalue weighted by Crippen LogP contribution is -2.51. The molecule has 4 aliphatic carbocycles. The first-order valence-corrected chi connectivity index (χ1v) is 19.4. The van der Waals surface area contributed by atoms with Crippen molar-refractivity contribution in [1.29, 1.82) is 0 Å². The van der Waals surface area contributed by atoms with Crippen molar-refractivity contribution in [1.82, 2.24) is 5.32 Å². The maximum atomic E-state index is 12.9. The number of benzene rings is 1. The number of allylic oxidation sites excluding steroid dienone is 1. The number of nitrogens with one attached hydrogen (secondary N) is 1. The minimum atomic E-state index is -4.69. The number of hydrogen-bond acceptors (Lipinski definition) is 5. The number of phosphoric ester groups is 1. The molecule has 4 N–H and O–H groups in total. The van der Waals surface area contributed by atoms with Crippen LogP contribution in [-0.4, -0.2) is 39.1 Å². The van der Waals surface area contributed by atoms with E-state index < -0.39 is 25.9 Å². The number of carboxylic acids is 1. The Balaban J connectivity index is 1.17. The summed E-state index contributed by atoms with van der Waals surface area (Å²) in [6.07, 6.45) is 14.3. The molecular weight excluding hydrogens is 617 g/mol. The fourth-order valence-corrected chi connectivity index (χ4v) is 10.7. The van der Waals surface area contributed by atoms with E-state index >= 15 is 0 Å². The van der Waals surface area contributed by atoms with Crippen molar-refractivity contribution < 1.29 is 38.3 Å². The highest BCUT2D eigenvalue weighted by Crippen LogP contribution is 2.67. The normalized spacial score (nSPS) is 33.1. The lowest BCUT2D eigenvalue weighted by molar-refractivity contribution is -0.139. The van der Waals surface area contributed by atoms with Crippen molar-refractivity contribution in [3.05, 3.63) is 41.5 Å². The van der Waals surface area contributed by atoms with Crippen molar-refractivity contribution in [3.8, 4) is 5.75 Å². The number of carbonyl (C=O) groups excluding carboxylic acids is 1. The van der Waals surface area contributed by atoms with Gasteiger partial charge < -0.3 is 19.7 Å². The van der Waals surface area contributed by atoms with Crippen LogP contribution in [0.1, 0.15) is 111 Å². The number of fused-ring (bicyclic) bond motifs is 5. The van der Waals surface area contributed by atoms with Gasteiger partial charge >= 0.3 is 19.9 Å². The molecule has 3 fully saturated rings. The lowest BCUT2D eigenvalue weighted by Gasteiger charge is -2.58. The van der Waals surface area contributed by atoms with Crippen LogP contribution in [0.3, 0.4) is 0 Å². The Labute approximate surface area is 280 Å². The first-order valence-electron chi connectivity index (χ1n) is 17.8. The zero-order valence-corrected chi connectivity index (χ0v) is 29.7. The smallest absolute Gasteiger partial charge is 0.480 e. The molecule has 3 saturated carbocycles. The number of aliphatic carboxylic acids is 1. The molecule has 4 aliphatic rings. The summed E-state index contributed by atoms with van der Waals surface area (Å²) in [5.41, 5.74) is 2.54. The summed E-state index contributed by atoms with van der Waals surface area (Å²) >= 11 is 0. The zero-order valence-electron chi connectivity index (χ0n) is 28.8. The van der Waals surface area contributed by atoms with Crippen LogP contribution in [0.4, 0.5) is 4.79 Å². The number of phosphoric acid groups is 1. The molecule has 5 rings (SSSR count). The third-order valence-electron chi connectivity index (χ3n) is 12.7. The number of amides is 1. The van der Waals surface area contributed by atoms with Gasteiger partial charge in [0, 0.05) is 12.8 Å². The van der Waals surface area contributed by atoms with E-state index in [2.05, 4.69) is 50.5 Å². The van der Waals surface area contributed by atoms with Gasteiger partial charge in [-0.1, -0.05) is 77.7 Å². The summed E-state index contributed by atoms with van der Waals surface area (Å²) in [7, 11) is -4.69. The average molecular weight is 674 g/mol. The SMILES string of the molecule is CC(C)CCC[C@@H](C)[C@H]1CC[C@H]2[C@@H]3CC=C4C[C@@H](OC(=O)NC(Cc5ccc(OP(=O)(O)O)cc5)C(=O)O)CC[C@]4(C)[C@H]3CC[C@]12C. The van der Waals surface area contributed by atoms with E-state index in [1.807, 2.05) is 0 Å². The quantitative estimate of drug-likeness (QED) is 0.128. The Kier molecular flexibility index (Phi) is 10.9. The fraction of sp³-hybridized carbons (Fsp3) is 0.730. The van der Waals surface area contributed by atoms with Gasteiger partial charge in [0.25, 0.3) is 0 Å². The second kappa shape index (κ2) is 14.2. The molecule has 0 radical (unpaired) electrons. The molecule has 262 valence electrons. The van der Waals surface area contributed by atoms with Gasteiger partial charge in [-0.25, -0.2) is 14.2 Å². The van der Waals surface area contributed by atoms with Gasteiger partial charge in [0.05, 0.1) is 0 Å². The maximum Gasteiger partial charge on any atom is 0.524 e. The van der Waals surface area contributed by atoms with E-state index in [9.17, 15) is 19.3 Å². The molecule has 10 heteroatoms. The van der Waals surface area contributed by atoms with E-state index in [4.69, 9.17) is 14.5 Å². The Morgan fingerprint density at radius 1 is 1.00 bits per heavy atom. The van der Waals surface area contributed by atoms with Gasteiger partial charge in [-0.05, 0) is 109 Å². The third-order valence-corrected chi connectivity index (χ3v) is 13.2. The summed E-state index contributed by atoms with van der Waals surface area (Å²) in [4.78, 5) is 42.8. The molecule has 9 atom stereocenters. The summed E-state index contributed by atoms with van der Waals surface area (Å²) in [5, 5.41) is 12.3. The minimum Gasteiger partial charge on any atom is -0.480 e. The van der Waals surface area contributed by atoms with Gasteiger partial charge in [-0.15, -0.1) is 0 Å². The number of carboxylic acid groups (broad SMARTS) is 1. The van der Waals surface area contributed by atoms with Gasteiger partial charge in [-0.3, -0.25) is 9.79 Å². The van der Waals surface area contributed by atoms with Crippen LogP contribution in [0.25, 0.3) is 0 Å². The van der Waals surface area contributed by atoms with Crippen molar-refractivity contribution in [2.24, 2.45) is 46.3 Å².